The van der Waals surface area contributed by atoms with E-state index in [-0.39, 0.29) is 24.2 Å². The fourth-order valence-electron chi connectivity index (χ4n) is 4.81. The van der Waals surface area contributed by atoms with Crippen LogP contribution in [-0.2, 0) is 16.1 Å². The van der Waals surface area contributed by atoms with Crippen LogP contribution in [0, 0.1) is 0 Å². The lowest BCUT2D eigenvalue weighted by Crippen LogP contribution is -2.51. The molecule has 136 valence electrons. The molecule has 0 aromatic heterocycles. The normalized spacial score (nSPS) is 35.0. The van der Waals surface area contributed by atoms with E-state index in [4.69, 9.17) is 10.5 Å². The third-order valence-electron chi connectivity index (χ3n) is 6.10. The molecule has 3 heterocycles. The third kappa shape index (κ3) is 3.73. The lowest BCUT2D eigenvalue weighted by Gasteiger charge is -2.39. The van der Waals surface area contributed by atoms with Crippen LogP contribution < -0.4 is 11.1 Å². The molecule has 1 amide bonds. The fourth-order valence-corrected chi connectivity index (χ4v) is 4.81. The molecule has 3 fully saturated rings. The first-order chi connectivity index (χ1) is 12.2. The number of ether oxygens (including phenoxy) is 1. The van der Waals surface area contributed by atoms with Crippen LogP contribution in [0.1, 0.15) is 44.1 Å². The maximum Gasteiger partial charge on any atom is 0.249 e. The summed E-state index contributed by atoms with van der Waals surface area (Å²) in [5.41, 5.74) is 7.02. The number of carbonyl (C=O) groups is 1. The Kier molecular flexibility index (Phi) is 5.06. The number of nitrogens with two attached hydrogens (primary N) is 1. The molecule has 0 spiro atoms. The molecule has 3 saturated heterocycles. The summed E-state index contributed by atoms with van der Waals surface area (Å²) in [6.07, 6.45) is 6.07. The maximum absolute atomic E-state index is 12.5. The van der Waals surface area contributed by atoms with Gasteiger partial charge in [-0.25, -0.2) is 0 Å². The van der Waals surface area contributed by atoms with E-state index in [9.17, 15) is 4.79 Å². The van der Waals surface area contributed by atoms with Crippen LogP contribution >= 0.6 is 0 Å². The summed E-state index contributed by atoms with van der Waals surface area (Å²) >= 11 is 0. The third-order valence-corrected chi connectivity index (χ3v) is 6.10. The van der Waals surface area contributed by atoms with Crippen LogP contribution in [0.15, 0.2) is 30.3 Å². The molecule has 4 atom stereocenters. The van der Waals surface area contributed by atoms with Crippen molar-refractivity contribution in [3.05, 3.63) is 35.9 Å². The molecule has 0 saturated carbocycles. The number of carbonyl (C=O) groups excluding carboxylic acids is 1. The number of piperidine rings is 1. The van der Waals surface area contributed by atoms with Gasteiger partial charge in [-0.15, -0.1) is 0 Å². The number of fused-ring (bicyclic) bond motifs is 2. The van der Waals surface area contributed by atoms with Gasteiger partial charge in [0, 0.05) is 31.2 Å². The zero-order chi connectivity index (χ0) is 17.2. The molecular formula is C20H29N3O2. The van der Waals surface area contributed by atoms with Gasteiger partial charge in [0.2, 0.25) is 5.91 Å². The molecule has 3 aliphatic rings. The Labute approximate surface area is 149 Å². The quantitative estimate of drug-likeness (QED) is 0.856. The Hall–Kier alpha value is -1.43. The number of benzene rings is 1. The molecule has 5 heteroatoms. The molecule has 1 aromatic rings. The smallest absolute Gasteiger partial charge is 0.249 e. The molecule has 25 heavy (non-hydrogen) atoms. The Morgan fingerprint density at radius 1 is 1.12 bits per heavy atom. The van der Waals surface area contributed by atoms with E-state index < -0.39 is 0 Å². The van der Waals surface area contributed by atoms with E-state index in [1.807, 2.05) is 0 Å². The first kappa shape index (κ1) is 17.0. The van der Waals surface area contributed by atoms with Crippen molar-refractivity contribution in [3.8, 4) is 0 Å². The van der Waals surface area contributed by atoms with Crippen molar-refractivity contribution in [1.29, 1.82) is 0 Å². The van der Waals surface area contributed by atoms with Crippen molar-refractivity contribution in [2.24, 2.45) is 5.73 Å². The SMILES string of the molecule is NC[C@H]1CC[C@@H](C(=O)NC2CC3CCC(C2)N3Cc2ccccc2)O1. The van der Waals surface area contributed by atoms with E-state index >= 15 is 0 Å². The molecule has 1 aromatic carbocycles. The van der Waals surface area contributed by atoms with Gasteiger partial charge in [0.15, 0.2) is 0 Å². The summed E-state index contributed by atoms with van der Waals surface area (Å²) in [6.45, 7) is 1.53. The molecule has 3 aliphatic heterocycles. The predicted octanol–water partition coefficient (Wildman–Crippen LogP) is 1.80. The lowest BCUT2D eigenvalue weighted by molar-refractivity contribution is -0.133. The van der Waals surface area contributed by atoms with E-state index in [1.54, 1.807) is 0 Å². The highest BCUT2D eigenvalue weighted by Gasteiger charge is 2.41. The van der Waals surface area contributed by atoms with E-state index in [0.717, 1.165) is 32.2 Å². The van der Waals surface area contributed by atoms with Crippen LogP contribution in [0.3, 0.4) is 0 Å². The van der Waals surface area contributed by atoms with Gasteiger partial charge in [-0.1, -0.05) is 30.3 Å². The van der Waals surface area contributed by atoms with Crippen LogP contribution in [0.2, 0.25) is 0 Å². The van der Waals surface area contributed by atoms with Crippen molar-refractivity contribution in [2.45, 2.75) is 75.4 Å². The second-order valence-electron chi connectivity index (χ2n) is 7.78. The Balaban J connectivity index is 1.32. The largest absolute Gasteiger partial charge is 0.364 e. The van der Waals surface area contributed by atoms with Crippen molar-refractivity contribution < 1.29 is 9.53 Å². The average Bonchev–Trinajstić information content (AvgIpc) is 3.19. The highest BCUT2D eigenvalue weighted by atomic mass is 16.5. The molecule has 2 unspecified atom stereocenters. The van der Waals surface area contributed by atoms with Gasteiger partial charge in [0.25, 0.3) is 0 Å². The molecule has 0 aliphatic carbocycles. The summed E-state index contributed by atoms with van der Waals surface area (Å²) in [5, 5.41) is 3.26. The molecule has 5 nitrogen and oxygen atoms in total. The van der Waals surface area contributed by atoms with Crippen molar-refractivity contribution in [2.75, 3.05) is 6.54 Å². The highest BCUT2D eigenvalue weighted by molar-refractivity contribution is 5.81. The van der Waals surface area contributed by atoms with Crippen molar-refractivity contribution in [1.82, 2.24) is 10.2 Å². The van der Waals surface area contributed by atoms with Crippen LogP contribution in [0.4, 0.5) is 0 Å². The second kappa shape index (κ2) is 7.44. The highest BCUT2D eigenvalue weighted by Crippen LogP contribution is 2.37. The summed E-state index contributed by atoms with van der Waals surface area (Å²) in [4.78, 5) is 15.1. The van der Waals surface area contributed by atoms with E-state index in [1.165, 1.54) is 18.4 Å². The minimum Gasteiger partial charge on any atom is -0.364 e. The number of hydrogen-bond acceptors (Lipinski definition) is 4. The van der Waals surface area contributed by atoms with Gasteiger partial charge < -0.3 is 15.8 Å². The van der Waals surface area contributed by atoms with Gasteiger partial charge >= 0.3 is 0 Å². The second-order valence-corrected chi connectivity index (χ2v) is 7.78. The standard InChI is InChI=1S/C20H29N3O2/c21-12-18-8-9-19(25-18)20(24)22-15-10-16-6-7-17(11-15)23(16)13-14-4-2-1-3-5-14/h1-5,15-19H,6-13,21H2,(H,22,24)/t15?,16?,17?,18-,19+/m1/s1. The Bertz CT molecular complexity index is 580. The van der Waals surface area contributed by atoms with Gasteiger partial charge in [0.1, 0.15) is 6.10 Å². The summed E-state index contributed by atoms with van der Waals surface area (Å²) in [5.74, 6) is 0.0665. The fraction of sp³-hybridized carbons (Fsp3) is 0.650. The van der Waals surface area contributed by atoms with E-state index in [0.29, 0.717) is 18.6 Å². The number of nitrogens with zero attached hydrogens (tertiary/aromatic N) is 1. The van der Waals surface area contributed by atoms with Crippen LogP contribution in [0.25, 0.3) is 0 Å². The number of rotatable bonds is 5. The number of amides is 1. The average molecular weight is 343 g/mol. The predicted molar refractivity (Wildman–Crippen MR) is 96.9 cm³/mol. The first-order valence-electron chi connectivity index (χ1n) is 9.68. The van der Waals surface area contributed by atoms with Gasteiger partial charge in [-0.3, -0.25) is 9.69 Å². The zero-order valence-corrected chi connectivity index (χ0v) is 14.8. The minimum absolute atomic E-state index is 0.0552. The monoisotopic (exact) mass is 343 g/mol. The molecule has 4 rings (SSSR count). The first-order valence-corrected chi connectivity index (χ1v) is 9.68. The van der Waals surface area contributed by atoms with Crippen LogP contribution in [-0.4, -0.2) is 47.7 Å². The van der Waals surface area contributed by atoms with Crippen molar-refractivity contribution >= 4 is 5.91 Å². The summed E-state index contributed by atoms with van der Waals surface area (Å²) in [6, 6.07) is 12.2. The number of hydrogen-bond donors (Lipinski definition) is 2. The van der Waals surface area contributed by atoms with Gasteiger partial charge in [0.05, 0.1) is 6.10 Å². The molecule has 2 bridgehead atoms. The summed E-state index contributed by atoms with van der Waals surface area (Å²) in [7, 11) is 0. The minimum atomic E-state index is -0.298. The molecule has 3 N–H and O–H groups in total. The van der Waals surface area contributed by atoms with Gasteiger partial charge in [-0.2, -0.15) is 0 Å². The van der Waals surface area contributed by atoms with Crippen molar-refractivity contribution in [3.63, 3.8) is 0 Å². The molecule has 0 radical (unpaired) electrons. The van der Waals surface area contributed by atoms with E-state index in [2.05, 4.69) is 40.5 Å². The Morgan fingerprint density at radius 2 is 1.84 bits per heavy atom. The maximum atomic E-state index is 12.5. The topological polar surface area (TPSA) is 67.6 Å². The zero-order valence-electron chi connectivity index (χ0n) is 14.8. The molecular weight excluding hydrogens is 314 g/mol. The summed E-state index contributed by atoms with van der Waals surface area (Å²) < 4.78 is 5.74. The number of nitrogens with one attached hydrogen (secondary N) is 1. The van der Waals surface area contributed by atoms with Crippen LogP contribution in [0.5, 0.6) is 0 Å². The lowest BCUT2D eigenvalue weighted by atomic mass is 9.96. The Morgan fingerprint density at radius 3 is 2.48 bits per heavy atom. The van der Waals surface area contributed by atoms with Gasteiger partial charge in [-0.05, 0) is 44.1 Å².